The lowest BCUT2D eigenvalue weighted by Crippen LogP contribution is -2.27. The number of benzene rings is 1. The predicted octanol–water partition coefficient (Wildman–Crippen LogP) is 3.59. The van der Waals surface area contributed by atoms with Gasteiger partial charge in [-0.15, -0.1) is 23.1 Å². The molecule has 3 rings (SSSR count). The zero-order valence-electron chi connectivity index (χ0n) is 12.2. The van der Waals surface area contributed by atoms with Gasteiger partial charge in [0.1, 0.15) is 5.37 Å². The lowest BCUT2D eigenvalue weighted by Gasteiger charge is -2.23. The Morgan fingerprint density at radius 1 is 1.24 bits per heavy atom. The minimum absolute atomic E-state index is 0.172. The van der Waals surface area contributed by atoms with Crippen molar-refractivity contribution in [3.05, 3.63) is 52.2 Å². The molecule has 1 amide bonds. The quantitative estimate of drug-likeness (QED) is 0.861. The molecule has 1 atom stereocenters. The van der Waals surface area contributed by atoms with Crippen molar-refractivity contribution >= 4 is 34.7 Å². The van der Waals surface area contributed by atoms with Gasteiger partial charge in [0.15, 0.2) is 0 Å². The molecule has 1 unspecified atom stereocenters. The number of hydrogen-bond donors (Lipinski definition) is 0. The number of carbonyl (C=O) groups excluding carboxylic acids is 1. The molecule has 0 radical (unpaired) electrons. The number of anilines is 1. The molecule has 0 bridgehead atoms. The third kappa shape index (κ3) is 3.09. The summed E-state index contributed by atoms with van der Waals surface area (Å²) in [4.78, 5) is 17.5. The SMILES string of the molecule is CN(C)c1ccc(CN2C(=O)CSC2c2cccs2)cc1. The zero-order chi connectivity index (χ0) is 14.8. The Bertz CT molecular complexity index is 608. The van der Waals surface area contributed by atoms with Crippen LogP contribution in [0.25, 0.3) is 0 Å². The van der Waals surface area contributed by atoms with Gasteiger partial charge in [0.2, 0.25) is 5.91 Å². The molecule has 1 aliphatic rings. The summed E-state index contributed by atoms with van der Waals surface area (Å²) >= 11 is 3.44. The molecule has 5 heteroatoms. The minimum Gasteiger partial charge on any atom is -0.378 e. The van der Waals surface area contributed by atoms with Crippen molar-refractivity contribution in [1.29, 1.82) is 0 Å². The van der Waals surface area contributed by atoms with Crippen LogP contribution in [0.1, 0.15) is 15.8 Å². The van der Waals surface area contributed by atoms with Gasteiger partial charge in [-0.2, -0.15) is 0 Å². The molecule has 1 aromatic heterocycles. The number of hydrogen-bond acceptors (Lipinski definition) is 4. The van der Waals surface area contributed by atoms with Crippen LogP contribution >= 0.6 is 23.1 Å². The van der Waals surface area contributed by atoms with Gasteiger partial charge in [-0.05, 0) is 29.1 Å². The first-order valence-corrected chi connectivity index (χ1v) is 8.79. The monoisotopic (exact) mass is 318 g/mol. The molecule has 21 heavy (non-hydrogen) atoms. The van der Waals surface area contributed by atoms with E-state index in [1.54, 1.807) is 23.1 Å². The summed E-state index contributed by atoms with van der Waals surface area (Å²) in [6, 6.07) is 12.6. The Hall–Kier alpha value is -1.46. The van der Waals surface area contributed by atoms with E-state index in [4.69, 9.17) is 0 Å². The normalized spacial score (nSPS) is 18.3. The number of nitrogens with zero attached hydrogens (tertiary/aromatic N) is 2. The van der Waals surface area contributed by atoms with Crippen LogP contribution in [0.2, 0.25) is 0 Å². The van der Waals surface area contributed by atoms with Crippen molar-refractivity contribution in [3.63, 3.8) is 0 Å². The Morgan fingerprint density at radius 3 is 2.62 bits per heavy atom. The summed E-state index contributed by atoms with van der Waals surface area (Å²) in [5, 5.41) is 2.24. The lowest BCUT2D eigenvalue weighted by atomic mass is 10.2. The summed E-state index contributed by atoms with van der Waals surface area (Å²) in [5.74, 6) is 0.813. The van der Waals surface area contributed by atoms with Crippen LogP contribution in [-0.4, -0.2) is 30.7 Å². The molecule has 3 nitrogen and oxygen atoms in total. The molecular formula is C16H18N2OS2. The second-order valence-electron chi connectivity index (χ2n) is 5.26. The maximum Gasteiger partial charge on any atom is 0.234 e. The molecule has 0 aliphatic carbocycles. The first kappa shape index (κ1) is 14.5. The molecule has 1 aliphatic heterocycles. The van der Waals surface area contributed by atoms with Gasteiger partial charge in [0.25, 0.3) is 0 Å². The van der Waals surface area contributed by atoms with Crippen LogP contribution < -0.4 is 4.90 Å². The van der Waals surface area contributed by atoms with Gasteiger partial charge >= 0.3 is 0 Å². The van der Waals surface area contributed by atoms with Crippen LogP contribution in [0.3, 0.4) is 0 Å². The Balaban J connectivity index is 1.77. The highest BCUT2D eigenvalue weighted by Gasteiger charge is 2.33. The summed E-state index contributed by atoms with van der Waals surface area (Å²) in [7, 11) is 4.06. The van der Waals surface area contributed by atoms with E-state index >= 15 is 0 Å². The molecule has 0 spiro atoms. The fraction of sp³-hybridized carbons (Fsp3) is 0.312. The molecule has 0 saturated carbocycles. The fourth-order valence-electron chi connectivity index (χ4n) is 2.39. The second kappa shape index (κ2) is 6.12. The van der Waals surface area contributed by atoms with E-state index in [-0.39, 0.29) is 11.3 Å². The van der Waals surface area contributed by atoms with E-state index in [1.165, 1.54) is 16.1 Å². The van der Waals surface area contributed by atoms with E-state index in [0.29, 0.717) is 12.3 Å². The third-order valence-corrected chi connectivity index (χ3v) is 5.87. The van der Waals surface area contributed by atoms with Crippen LogP contribution in [0.15, 0.2) is 41.8 Å². The van der Waals surface area contributed by atoms with E-state index in [1.807, 2.05) is 25.1 Å². The molecule has 2 aromatic rings. The highest BCUT2D eigenvalue weighted by molar-refractivity contribution is 8.00. The van der Waals surface area contributed by atoms with Crippen LogP contribution in [-0.2, 0) is 11.3 Å². The van der Waals surface area contributed by atoms with Gasteiger partial charge < -0.3 is 9.80 Å². The minimum atomic E-state index is 0.172. The highest BCUT2D eigenvalue weighted by atomic mass is 32.2. The number of rotatable bonds is 4. The highest BCUT2D eigenvalue weighted by Crippen LogP contribution is 2.41. The summed E-state index contributed by atoms with van der Waals surface area (Å²) < 4.78 is 0. The van der Waals surface area contributed by atoms with Crippen molar-refractivity contribution in [1.82, 2.24) is 4.90 Å². The van der Waals surface area contributed by atoms with Crippen LogP contribution in [0, 0.1) is 0 Å². The molecule has 1 saturated heterocycles. The molecule has 1 fully saturated rings. The van der Waals surface area contributed by atoms with Gasteiger partial charge in [-0.1, -0.05) is 18.2 Å². The second-order valence-corrected chi connectivity index (χ2v) is 7.31. The largest absolute Gasteiger partial charge is 0.378 e. The Labute approximate surface area is 133 Å². The average Bonchev–Trinajstić information content (AvgIpc) is 3.10. The predicted molar refractivity (Wildman–Crippen MR) is 90.8 cm³/mol. The Kier molecular flexibility index (Phi) is 4.22. The topological polar surface area (TPSA) is 23.6 Å². The number of thiophene rings is 1. The van der Waals surface area contributed by atoms with Crippen molar-refractivity contribution in [3.8, 4) is 0 Å². The van der Waals surface area contributed by atoms with E-state index in [0.717, 1.165) is 0 Å². The van der Waals surface area contributed by atoms with E-state index in [9.17, 15) is 4.79 Å². The summed E-state index contributed by atoms with van der Waals surface area (Å²) in [6.45, 7) is 0.683. The fourth-order valence-corrected chi connectivity index (χ4v) is 4.56. The van der Waals surface area contributed by atoms with Crippen molar-refractivity contribution < 1.29 is 4.79 Å². The zero-order valence-corrected chi connectivity index (χ0v) is 13.8. The number of amides is 1. The van der Waals surface area contributed by atoms with Gasteiger partial charge in [0, 0.05) is 31.2 Å². The summed E-state index contributed by atoms with van der Waals surface area (Å²) in [5.41, 5.74) is 2.36. The van der Waals surface area contributed by atoms with Gasteiger partial charge in [-0.25, -0.2) is 0 Å². The molecular weight excluding hydrogens is 300 g/mol. The first-order valence-electron chi connectivity index (χ1n) is 6.86. The van der Waals surface area contributed by atoms with Crippen molar-refractivity contribution in [2.75, 3.05) is 24.7 Å². The van der Waals surface area contributed by atoms with Crippen molar-refractivity contribution in [2.45, 2.75) is 11.9 Å². The summed E-state index contributed by atoms with van der Waals surface area (Å²) in [6.07, 6.45) is 0. The van der Waals surface area contributed by atoms with Crippen LogP contribution in [0.5, 0.6) is 0 Å². The average molecular weight is 318 g/mol. The molecule has 1 aromatic carbocycles. The van der Waals surface area contributed by atoms with E-state index in [2.05, 4.69) is 40.6 Å². The number of thioether (sulfide) groups is 1. The standard InChI is InChI=1S/C16H18N2OS2/c1-17(2)13-7-5-12(6-8-13)10-18-15(19)11-21-16(18)14-4-3-9-20-14/h3-9,16H,10-11H2,1-2H3. The lowest BCUT2D eigenvalue weighted by molar-refractivity contribution is -0.128. The van der Waals surface area contributed by atoms with Gasteiger partial charge in [0.05, 0.1) is 5.75 Å². The first-order chi connectivity index (χ1) is 10.1. The van der Waals surface area contributed by atoms with Gasteiger partial charge in [-0.3, -0.25) is 4.79 Å². The molecule has 110 valence electrons. The van der Waals surface area contributed by atoms with E-state index < -0.39 is 0 Å². The smallest absolute Gasteiger partial charge is 0.234 e. The third-order valence-electron chi connectivity index (χ3n) is 3.56. The number of carbonyl (C=O) groups is 1. The van der Waals surface area contributed by atoms with Crippen LogP contribution in [0.4, 0.5) is 5.69 Å². The van der Waals surface area contributed by atoms with Crippen molar-refractivity contribution in [2.24, 2.45) is 0 Å². The maximum absolute atomic E-state index is 12.2. The molecule has 0 N–H and O–H groups in total. The maximum atomic E-state index is 12.2. The Morgan fingerprint density at radius 2 is 2.00 bits per heavy atom. The molecule has 2 heterocycles.